The molecule has 8 heteroatoms. The van der Waals surface area contributed by atoms with Crippen LogP contribution in [0, 0.1) is 0 Å². The molecular formula is C17H35IN4O3. The highest BCUT2D eigenvalue weighted by Gasteiger charge is 2.14. The minimum atomic E-state index is 0. The lowest BCUT2D eigenvalue weighted by atomic mass is 10.2. The zero-order valence-electron chi connectivity index (χ0n) is 15.8. The summed E-state index contributed by atoms with van der Waals surface area (Å²) in [7, 11) is 1.72. The van der Waals surface area contributed by atoms with Gasteiger partial charge in [-0.15, -0.1) is 24.0 Å². The standard InChI is InChI=1S/C17H34N4O3.HI/c1-4-14(2)21-16(22)8-10-20-17(18-3)19-9-6-11-23-13-15-7-5-12-24-15;/h14-15H,4-13H2,1-3H3,(H,21,22)(H2,18,19,20);1H. The average Bonchev–Trinajstić information content (AvgIpc) is 3.09. The van der Waals surface area contributed by atoms with Gasteiger partial charge in [-0.2, -0.15) is 0 Å². The first-order valence-electron chi connectivity index (χ1n) is 9.09. The molecule has 2 unspecified atom stereocenters. The van der Waals surface area contributed by atoms with E-state index < -0.39 is 0 Å². The molecule has 0 aromatic carbocycles. The van der Waals surface area contributed by atoms with E-state index in [0.29, 0.717) is 32.1 Å². The highest BCUT2D eigenvalue weighted by atomic mass is 127. The Hall–Kier alpha value is -0.610. The van der Waals surface area contributed by atoms with Crippen molar-refractivity contribution >= 4 is 35.8 Å². The summed E-state index contributed by atoms with van der Waals surface area (Å²) >= 11 is 0. The molecule has 1 aliphatic heterocycles. The Bertz CT molecular complexity index is 377. The van der Waals surface area contributed by atoms with E-state index >= 15 is 0 Å². The van der Waals surface area contributed by atoms with Crippen molar-refractivity contribution in [2.45, 2.75) is 58.1 Å². The predicted octanol–water partition coefficient (Wildman–Crippen LogP) is 1.66. The highest BCUT2D eigenvalue weighted by molar-refractivity contribution is 14.0. The molecule has 2 atom stereocenters. The fourth-order valence-corrected chi connectivity index (χ4v) is 2.34. The van der Waals surface area contributed by atoms with E-state index in [9.17, 15) is 4.79 Å². The second-order valence-corrected chi connectivity index (χ2v) is 6.12. The zero-order valence-corrected chi connectivity index (χ0v) is 18.1. The first-order chi connectivity index (χ1) is 11.7. The Kier molecular flexibility index (Phi) is 15.2. The number of aliphatic imine (C=N–C) groups is 1. The number of amides is 1. The van der Waals surface area contributed by atoms with E-state index in [1.54, 1.807) is 7.05 Å². The Labute approximate surface area is 169 Å². The van der Waals surface area contributed by atoms with E-state index in [4.69, 9.17) is 9.47 Å². The third-order valence-electron chi connectivity index (χ3n) is 3.97. The van der Waals surface area contributed by atoms with Gasteiger partial charge < -0.3 is 25.4 Å². The molecule has 1 saturated heterocycles. The average molecular weight is 470 g/mol. The lowest BCUT2D eigenvalue weighted by Crippen LogP contribution is -2.40. The van der Waals surface area contributed by atoms with Crippen molar-refractivity contribution in [3.63, 3.8) is 0 Å². The Morgan fingerprint density at radius 3 is 2.76 bits per heavy atom. The van der Waals surface area contributed by atoms with Crippen LogP contribution in [-0.4, -0.2) is 64.0 Å². The molecule has 0 aliphatic carbocycles. The van der Waals surface area contributed by atoms with Crippen LogP contribution >= 0.6 is 24.0 Å². The number of carbonyl (C=O) groups excluding carboxylic acids is 1. The summed E-state index contributed by atoms with van der Waals surface area (Å²) in [5.41, 5.74) is 0. The molecule has 0 aromatic heterocycles. The van der Waals surface area contributed by atoms with E-state index in [1.165, 1.54) is 0 Å². The molecule has 148 valence electrons. The summed E-state index contributed by atoms with van der Waals surface area (Å²) < 4.78 is 11.1. The summed E-state index contributed by atoms with van der Waals surface area (Å²) in [6, 6.07) is 0.226. The second kappa shape index (κ2) is 15.6. The molecule has 1 amide bonds. The third-order valence-corrected chi connectivity index (χ3v) is 3.97. The van der Waals surface area contributed by atoms with Crippen LogP contribution in [0.15, 0.2) is 4.99 Å². The molecule has 1 fully saturated rings. The van der Waals surface area contributed by atoms with Crippen molar-refractivity contribution in [1.82, 2.24) is 16.0 Å². The zero-order chi connectivity index (χ0) is 17.6. The second-order valence-electron chi connectivity index (χ2n) is 6.12. The van der Waals surface area contributed by atoms with Crippen LogP contribution in [0.25, 0.3) is 0 Å². The molecule has 7 nitrogen and oxygen atoms in total. The van der Waals surface area contributed by atoms with Crippen LogP contribution in [0.4, 0.5) is 0 Å². The van der Waals surface area contributed by atoms with Crippen LogP contribution in [0.1, 0.15) is 46.0 Å². The normalized spacial score (nSPS) is 18.4. The summed E-state index contributed by atoms with van der Waals surface area (Å²) in [5, 5.41) is 9.31. The monoisotopic (exact) mass is 470 g/mol. The lowest BCUT2D eigenvalue weighted by molar-refractivity contribution is -0.121. The van der Waals surface area contributed by atoms with Gasteiger partial charge in [0.15, 0.2) is 5.96 Å². The predicted molar refractivity (Wildman–Crippen MR) is 112 cm³/mol. The fraction of sp³-hybridized carbons (Fsp3) is 0.882. The Morgan fingerprint density at radius 2 is 2.12 bits per heavy atom. The first kappa shape index (κ1) is 24.4. The Morgan fingerprint density at radius 1 is 1.36 bits per heavy atom. The summed E-state index contributed by atoms with van der Waals surface area (Å²) in [6.07, 6.45) is 4.83. The van der Waals surface area contributed by atoms with Gasteiger partial charge in [0.25, 0.3) is 0 Å². The maximum Gasteiger partial charge on any atom is 0.221 e. The lowest BCUT2D eigenvalue weighted by Gasteiger charge is -2.14. The number of nitrogens with one attached hydrogen (secondary N) is 3. The molecule has 0 saturated carbocycles. The number of nitrogens with zero attached hydrogens (tertiary/aromatic N) is 1. The largest absolute Gasteiger partial charge is 0.379 e. The van der Waals surface area contributed by atoms with Crippen molar-refractivity contribution in [3.8, 4) is 0 Å². The van der Waals surface area contributed by atoms with Gasteiger partial charge in [0.05, 0.1) is 12.7 Å². The van der Waals surface area contributed by atoms with E-state index in [1.807, 2.05) is 6.92 Å². The van der Waals surface area contributed by atoms with Gasteiger partial charge in [0.1, 0.15) is 0 Å². The third kappa shape index (κ3) is 12.4. The van der Waals surface area contributed by atoms with Crippen LogP contribution in [0.3, 0.4) is 0 Å². The number of hydrogen-bond acceptors (Lipinski definition) is 4. The van der Waals surface area contributed by atoms with Crippen molar-refractivity contribution in [3.05, 3.63) is 0 Å². The fourth-order valence-electron chi connectivity index (χ4n) is 2.34. The van der Waals surface area contributed by atoms with Crippen LogP contribution in [0.5, 0.6) is 0 Å². The molecule has 1 rings (SSSR count). The number of ether oxygens (including phenoxy) is 2. The van der Waals surface area contributed by atoms with Crippen LogP contribution in [-0.2, 0) is 14.3 Å². The smallest absolute Gasteiger partial charge is 0.221 e. The van der Waals surface area contributed by atoms with E-state index in [0.717, 1.165) is 38.8 Å². The molecule has 0 bridgehead atoms. The first-order valence-corrected chi connectivity index (χ1v) is 9.09. The van der Waals surface area contributed by atoms with Crippen molar-refractivity contribution < 1.29 is 14.3 Å². The number of guanidine groups is 1. The van der Waals surface area contributed by atoms with E-state index in [-0.39, 0.29) is 42.0 Å². The highest BCUT2D eigenvalue weighted by Crippen LogP contribution is 2.11. The van der Waals surface area contributed by atoms with Gasteiger partial charge in [-0.05, 0) is 32.6 Å². The summed E-state index contributed by atoms with van der Waals surface area (Å²) in [4.78, 5) is 15.8. The molecule has 0 spiro atoms. The minimum absolute atomic E-state index is 0. The topological polar surface area (TPSA) is 84.0 Å². The van der Waals surface area contributed by atoms with Crippen LogP contribution in [0.2, 0.25) is 0 Å². The maximum atomic E-state index is 11.7. The van der Waals surface area contributed by atoms with Gasteiger partial charge in [0, 0.05) is 45.8 Å². The van der Waals surface area contributed by atoms with Crippen molar-refractivity contribution in [1.29, 1.82) is 0 Å². The number of rotatable bonds is 11. The van der Waals surface area contributed by atoms with Gasteiger partial charge in [-0.25, -0.2) is 0 Å². The summed E-state index contributed by atoms with van der Waals surface area (Å²) in [5.74, 6) is 0.778. The van der Waals surface area contributed by atoms with Crippen LogP contribution < -0.4 is 16.0 Å². The SMILES string of the molecule is CCC(C)NC(=O)CCNC(=NC)NCCCOCC1CCCO1.I. The van der Waals surface area contributed by atoms with Gasteiger partial charge in [0.2, 0.25) is 5.91 Å². The summed E-state index contributed by atoms with van der Waals surface area (Å²) in [6.45, 7) is 7.68. The van der Waals surface area contributed by atoms with E-state index in [2.05, 4.69) is 27.9 Å². The molecule has 0 radical (unpaired) electrons. The molecule has 3 N–H and O–H groups in total. The number of halogens is 1. The molecule has 1 aliphatic rings. The molecule has 1 heterocycles. The molecule has 0 aromatic rings. The van der Waals surface area contributed by atoms with Crippen molar-refractivity contribution in [2.24, 2.45) is 4.99 Å². The maximum absolute atomic E-state index is 11.7. The quantitative estimate of drug-likeness (QED) is 0.185. The van der Waals surface area contributed by atoms with Gasteiger partial charge in [-0.3, -0.25) is 9.79 Å². The minimum Gasteiger partial charge on any atom is -0.379 e. The number of hydrogen-bond donors (Lipinski definition) is 3. The molecule has 25 heavy (non-hydrogen) atoms. The number of carbonyl (C=O) groups is 1. The van der Waals surface area contributed by atoms with Crippen molar-refractivity contribution in [2.75, 3.05) is 40.0 Å². The molecular weight excluding hydrogens is 435 g/mol. The van der Waals surface area contributed by atoms with Gasteiger partial charge >= 0.3 is 0 Å². The Balaban J connectivity index is 0.00000576. The van der Waals surface area contributed by atoms with Gasteiger partial charge in [-0.1, -0.05) is 6.92 Å².